The third-order valence-electron chi connectivity index (χ3n) is 5.47. The summed E-state index contributed by atoms with van der Waals surface area (Å²) in [5.74, 6) is 1.22. The number of rotatable bonds is 10. The van der Waals surface area contributed by atoms with Crippen LogP contribution in [0, 0.1) is 17.0 Å². The molecule has 2 amide bonds. The van der Waals surface area contributed by atoms with Gasteiger partial charge < -0.3 is 14.2 Å². The van der Waals surface area contributed by atoms with Crippen LogP contribution in [0.1, 0.15) is 16.7 Å². The van der Waals surface area contributed by atoms with Crippen molar-refractivity contribution >= 4 is 34.7 Å². The molecule has 0 spiro atoms. The number of hydrogen-bond acceptors (Lipinski definition) is 8. The zero-order valence-corrected chi connectivity index (χ0v) is 21.0. The van der Waals surface area contributed by atoms with Crippen LogP contribution in [-0.4, -0.2) is 41.2 Å². The number of thioether (sulfide) groups is 1. The minimum atomic E-state index is -0.462. The van der Waals surface area contributed by atoms with E-state index in [4.69, 9.17) is 14.2 Å². The van der Waals surface area contributed by atoms with E-state index >= 15 is 0 Å². The molecular weight excluding hydrogens is 496 g/mol. The Kier molecular flexibility index (Phi) is 8.09. The first-order valence-corrected chi connectivity index (χ1v) is 12.1. The van der Waals surface area contributed by atoms with Gasteiger partial charge >= 0.3 is 0 Å². The number of nitro groups is 1. The molecule has 0 aromatic heterocycles. The Morgan fingerprint density at radius 1 is 1.00 bits per heavy atom. The summed E-state index contributed by atoms with van der Waals surface area (Å²) >= 11 is 0.871. The first-order chi connectivity index (χ1) is 17.8. The minimum Gasteiger partial charge on any atom is -0.493 e. The van der Waals surface area contributed by atoms with E-state index in [0.29, 0.717) is 27.7 Å². The highest BCUT2D eigenvalue weighted by Gasteiger charge is 2.34. The predicted octanol–water partition coefficient (Wildman–Crippen LogP) is 5.61. The molecule has 10 heteroatoms. The van der Waals surface area contributed by atoms with Gasteiger partial charge in [0.15, 0.2) is 11.5 Å². The summed E-state index contributed by atoms with van der Waals surface area (Å²) < 4.78 is 16.9. The lowest BCUT2D eigenvalue weighted by Gasteiger charge is -2.13. The Balaban J connectivity index is 1.42. The molecule has 1 aliphatic heterocycles. The first kappa shape index (κ1) is 25.8. The van der Waals surface area contributed by atoms with Gasteiger partial charge in [-0.2, -0.15) is 0 Å². The Hall–Kier alpha value is -4.31. The van der Waals surface area contributed by atoms with Crippen molar-refractivity contribution in [1.29, 1.82) is 0 Å². The standard InChI is InChI=1S/C27H24N2O7S/c1-18-4-3-5-22(14-18)35-13-12-28-26(30)25(37-27(28)31)16-20-8-11-23(34-2)24(15-20)36-17-19-6-9-21(10-7-19)29(32)33/h3-11,14-16H,12-13,17H2,1-2H3/b25-16-. The van der Waals surface area contributed by atoms with Crippen LogP contribution in [0.5, 0.6) is 17.2 Å². The molecule has 37 heavy (non-hydrogen) atoms. The van der Waals surface area contributed by atoms with Crippen molar-refractivity contribution < 1.29 is 28.7 Å². The number of nitro benzene ring substituents is 1. The number of nitrogens with zero attached hydrogens (tertiary/aromatic N) is 2. The van der Waals surface area contributed by atoms with Crippen LogP contribution in [-0.2, 0) is 11.4 Å². The molecule has 0 radical (unpaired) electrons. The molecular formula is C27H24N2O7S. The maximum Gasteiger partial charge on any atom is 0.293 e. The molecule has 0 aliphatic carbocycles. The molecule has 4 rings (SSSR count). The normalized spacial score (nSPS) is 14.2. The second kappa shape index (κ2) is 11.6. The quantitative estimate of drug-likeness (QED) is 0.193. The van der Waals surface area contributed by atoms with Gasteiger partial charge in [0.25, 0.3) is 16.8 Å². The summed E-state index contributed by atoms with van der Waals surface area (Å²) in [5.41, 5.74) is 2.45. The van der Waals surface area contributed by atoms with Gasteiger partial charge in [-0.25, -0.2) is 0 Å². The van der Waals surface area contributed by atoms with Gasteiger partial charge in [-0.15, -0.1) is 0 Å². The van der Waals surface area contributed by atoms with Crippen molar-refractivity contribution in [3.05, 3.63) is 98.4 Å². The summed E-state index contributed by atoms with van der Waals surface area (Å²) in [4.78, 5) is 37.2. The lowest BCUT2D eigenvalue weighted by atomic mass is 10.1. The average Bonchev–Trinajstić information content (AvgIpc) is 3.15. The minimum absolute atomic E-state index is 0.000926. The monoisotopic (exact) mass is 520 g/mol. The molecule has 0 bridgehead atoms. The molecule has 0 N–H and O–H groups in total. The van der Waals surface area contributed by atoms with Crippen LogP contribution in [0.2, 0.25) is 0 Å². The van der Waals surface area contributed by atoms with Gasteiger partial charge in [0, 0.05) is 12.1 Å². The topological polar surface area (TPSA) is 108 Å². The highest BCUT2D eigenvalue weighted by Crippen LogP contribution is 2.35. The van der Waals surface area contributed by atoms with Gasteiger partial charge in [0.05, 0.1) is 23.5 Å². The first-order valence-electron chi connectivity index (χ1n) is 11.3. The van der Waals surface area contributed by atoms with E-state index in [-0.39, 0.29) is 36.6 Å². The number of non-ortho nitro benzene ring substituents is 1. The van der Waals surface area contributed by atoms with Crippen LogP contribution in [0.4, 0.5) is 10.5 Å². The van der Waals surface area contributed by atoms with Crippen molar-refractivity contribution in [3.8, 4) is 17.2 Å². The van der Waals surface area contributed by atoms with Crippen LogP contribution >= 0.6 is 11.8 Å². The van der Waals surface area contributed by atoms with E-state index in [1.165, 1.54) is 24.1 Å². The van der Waals surface area contributed by atoms with Gasteiger partial charge in [0.1, 0.15) is 19.0 Å². The van der Waals surface area contributed by atoms with E-state index in [0.717, 1.165) is 22.9 Å². The Morgan fingerprint density at radius 3 is 2.49 bits per heavy atom. The third kappa shape index (κ3) is 6.47. The van der Waals surface area contributed by atoms with Gasteiger partial charge in [-0.3, -0.25) is 24.6 Å². The Bertz CT molecular complexity index is 1360. The smallest absolute Gasteiger partial charge is 0.293 e. The number of aryl methyl sites for hydroxylation is 1. The summed E-state index contributed by atoms with van der Waals surface area (Å²) in [7, 11) is 1.51. The molecule has 0 saturated carbocycles. The van der Waals surface area contributed by atoms with E-state index < -0.39 is 4.92 Å². The number of imide groups is 1. The molecule has 1 saturated heterocycles. The number of carbonyl (C=O) groups excluding carboxylic acids is 2. The molecule has 9 nitrogen and oxygen atoms in total. The highest BCUT2D eigenvalue weighted by atomic mass is 32.2. The van der Waals surface area contributed by atoms with Gasteiger partial charge in [-0.1, -0.05) is 18.2 Å². The number of hydrogen-bond donors (Lipinski definition) is 0. The highest BCUT2D eigenvalue weighted by molar-refractivity contribution is 8.18. The number of carbonyl (C=O) groups is 2. The maximum absolute atomic E-state index is 12.9. The van der Waals surface area contributed by atoms with Crippen LogP contribution in [0.15, 0.2) is 71.6 Å². The zero-order chi connectivity index (χ0) is 26.4. The van der Waals surface area contributed by atoms with Gasteiger partial charge in [-0.05, 0) is 77.9 Å². The lowest BCUT2D eigenvalue weighted by Crippen LogP contribution is -2.32. The zero-order valence-electron chi connectivity index (χ0n) is 20.2. The lowest BCUT2D eigenvalue weighted by molar-refractivity contribution is -0.384. The predicted molar refractivity (Wildman–Crippen MR) is 140 cm³/mol. The Labute approximate surface area is 217 Å². The molecule has 1 heterocycles. The van der Waals surface area contributed by atoms with Crippen molar-refractivity contribution in [2.24, 2.45) is 0 Å². The largest absolute Gasteiger partial charge is 0.493 e. The summed E-state index contributed by atoms with van der Waals surface area (Å²) in [5, 5.41) is 10.5. The van der Waals surface area contributed by atoms with E-state index in [1.807, 2.05) is 31.2 Å². The van der Waals surface area contributed by atoms with Crippen LogP contribution < -0.4 is 14.2 Å². The maximum atomic E-state index is 12.9. The fraction of sp³-hybridized carbons (Fsp3) is 0.185. The van der Waals surface area contributed by atoms with Crippen molar-refractivity contribution in [2.75, 3.05) is 20.3 Å². The molecule has 1 aliphatic rings. The second-order valence-corrected chi connectivity index (χ2v) is 9.11. The van der Waals surface area contributed by atoms with Crippen molar-refractivity contribution in [2.45, 2.75) is 13.5 Å². The average molecular weight is 521 g/mol. The molecule has 0 unspecified atom stereocenters. The van der Waals surface area contributed by atoms with E-state index in [1.54, 1.807) is 36.4 Å². The summed E-state index contributed by atoms with van der Waals surface area (Å²) in [6.07, 6.45) is 1.63. The molecule has 190 valence electrons. The number of benzene rings is 3. The number of methoxy groups -OCH3 is 1. The summed E-state index contributed by atoms with van der Waals surface area (Å²) in [6, 6.07) is 18.8. The van der Waals surface area contributed by atoms with E-state index in [9.17, 15) is 19.7 Å². The summed E-state index contributed by atoms with van der Waals surface area (Å²) in [6.45, 7) is 2.45. The number of amides is 2. The molecule has 3 aromatic carbocycles. The van der Waals surface area contributed by atoms with Crippen molar-refractivity contribution in [3.63, 3.8) is 0 Å². The molecule has 0 atom stereocenters. The van der Waals surface area contributed by atoms with Gasteiger partial charge in [0.2, 0.25) is 0 Å². The fourth-order valence-corrected chi connectivity index (χ4v) is 4.44. The SMILES string of the molecule is COc1ccc(/C=C2\SC(=O)N(CCOc3cccc(C)c3)C2=O)cc1OCc1ccc([N+](=O)[O-])cc1. The fourth-order valence-electron chi connectivity index (χ4n) is 3.57. The molecule has 3 aromatic rings. The Morgan fingerprint density at radius 2 is 1.78 bits per heavy atom. The second-order valence-electron chi connectivity index (χ2n) is 8.12. The number of ether oxygens (including phenoxy) is 3. The van der Waals surface area contributed by atoms with Crippen LogP contribution in [0.25, 0.3) is 6.08 Å². The van der Waals surface area contributed by atoms with Crippen molar-refractivity contribution in [1.82, 2.24) is 4.90 Å². The third-order valence-corrected chi connectivity index (χ3v) is 6.38. The van der Waals surface area contributed by atoms with Crippen LogP contribution in [0.3, 0.4) is 0 Å². The van der Waals surface area contributed by atoms with E-state index in [2.05, 4.69) is 0 Å². The molecule has 1 fully saturated rings.